The molecule has 0 aliphatic heterocycles. The Bertz CT molecular complexity index is 581. The molecule has 2 aromatic rings. The Balaban J connectivity index is 1.90. The third kappa shape index (κ3) is 4.30. The molecular formula is C14H16N2O3S2. The first kappa shape index (κ1) is 15.5. The summed E-state index contributed by atoms with van der Waals surface area (Å²) in [6, 6.07) is 6.08. The number of rotatable bonds is 6. The number of hydrogen-bond acceptors (Lipinski definition) is 4. The quantitative estimate of drug-likeness (QED) is 0.858. The van der Waals surface area contributed by atoms with E-state index in [0.717, 1.165) is 6.42 Å². The van der Waals surface area contributed by atoms with Crippen LogP contribution in [0.3, 0.4) is 0 Å². The Morgan fingerprint density at radius 3 is 2.57 bits per heavy atom. The molecule has 0 saturated carbocycles. The van der Waals surface area contributed by atoms with Crippen molar-refractivity contribution in [2.45, 2.75) is 12.5 Å². The first-order valence-corrected chi connectivity index (χ1v) is 8.14. The van der Waals surface area contributed by atoms with Crippen LogP contribution >= 0.6 is 22.7 Å². The lowest BCUT2D eigenvalue weighted by Gasteiger charge is -2.20. The summed E-state index contributed by atoms with van der Waals surface area (Å²) in [4.78, 5) is 26.7. The molecule has 21 heavy (non-hydrogen) atoms. The van der Waals surface area contributed by atoms with Gasteiger partial charge in [-0.2, -0.15) is 0 Å². The van der Waals surface area contributed by atoms with E-state index in [4.69, 9.17) is 0 Å². The molecule has 0 saturated heterocycles. The molecule has 2 amide bonds. The van der Waals surface area contributed by atoms with Gasteiger partial charge < -0.3 is 15.3 Å². The number of likely N-dealkylation sites (N-methyl/N-ethyl adjacent to an activating group) is 1. The largest absolute Gasteiger partial charge is 0.479 e. The molecule has 7 heteroatoms. The van der Waals surface area contributed by atoms with E-state index in [1.807, 2.05) is 17.5 Å². The first-order valence-electron chi connectivity index (χ1n) is 6.38. The molecule has 2 rings (SSSR count). The van der Waals surface area contributed by atoms with E-state index in [1.54, 1.807) is 35.9 Å². The fourth-order valence-corrected chi connectivity index (χ4v) is 3.24. The van der Waals surface area contributed by atoms with Crippen LogP contribution in [0.4, 0.5) is 4.79 Å². The molecule has 1 atom stereocenters. The molecule has 0 bridgehead atoms. The summed E-state index contributed by atoms with van der Waals surface area (Å²) in [5.74, 6) is -1.06. The van der Waals surface area contributed by atoms with Gasteiger partial charge in [-0.3, -0.25) is 0 Å². The molecule has 0 aromatic carbocycles. The first-order chi connectivity index (χ1) is 10.1. The Morgan fingerprint density at radius 2 is 2.00 bits per heavy atom. The second kappa shape index (κ2) is 7.24. The standard InChI is InChI=1S/C14H16N2O3S2/c1-16(7-6-10-4-2-8-20-10)14(19)15-12(13(17)18)11-5-3-9-21-11/h2-5,8-9,12H,6-7H2,1H3,(H,15,19)(H,17,18). The number of carbonyl (C=O) groups excluding carboxylic acids is 1. The van der Waals surface area contributed by atoms with E-state index in [-0.39, 0.29) is 6.03 Å². The Kier molecular flexibility index (Phi) is 5.35. The number of hydrogen-bond donors (Lipinski definition) is 2. The van der Waals surface area contributed by atoms with Crippen molar-refractivity contribution >= 4 is 34.7 Å². The fraction of sp³-hybridized carbons (Fsp3) is 0.286. The van der Waals surface area contributed by atoms with Crippen molar-refractivity contribution in [3.63, 3.8) is 0 Å². The van der Waals surface area contributed by atoms with E-state index in [1.165, 1.54) is 21.1 Å². The van der Waals surface area contributed by atoms with Gasteiger partial charge in [-0.25, -0.2) is 9.59 Å². The zero-order valence-corrected chi connectivity index (χ0v) is 13.1. The van der Waals surface area contributed by atoms with Crippen molar-refractivity contribution in [1.82, 2.24) is 10.2 Å². The predicted octanol–water partition coefficient (Wildman–Crippen LogP) is 2.82. The van der Waals surface area contributed by atoms with Crippen LogP contribution in [0, 0.1) is 0 Å². The molecule has 2 aromatic heterocycles. The van der Waals surface area contributed by atoms with Crippen LogP contribution < -0.4 is 5.32 Å². The minimum absolute atomic E-state index is 0.382. The zero-order valence-electron chi connectivity index (χ0n) is 11.5. The SMILES string of the molecule is CN(CCc1cccs1)C(=O)NC(C(=O)O)c1cccs1. The highest BCUT2D eigenvalue weighted by Crippen LogP contribution is 2.19. The lowest BCUT2D eigenvalue weighted by molar-refractivity contribution is -0.139. The van der Waals surface area contributed by atoms with Gasteiger partial charge in [-0.15, -0.1) is 22.7 Å². The smallest absolute Gasteiger partial charge is 0.331 e. The van der Waals surface area contributed by atoms with Gasteiger partial charge in [0.15, 0.2) is 6.04 Å². The van der Waals surface area contributed by atoms with Gasteiger partial charge in [-0.1, -0.05) is 12.1 Å². The monoisotopic (exact) mass is 324 g/mol. The van der Waals surface area contributed by atoms with Crippen molar-refractivity contribution in [3.05, 3.63) is 44.8 Å². The maximum Gasteiger partial charge on any atom is 0.331 e. The fourth-order valence-electron chi connectivity index (χ4n) is 1.78. The van der Waals surface area contributed by atoms with Crippen LogP contribution in [-0.2, 0) is 11.2 Å². The van der Waals surface area contributed by atoms with Crippen LogP contribution in [-0.4, -0.2) is 35.6 Å². The highest BCUT2D eigenvalue weighted by atomic mass is 32.1. The van der Waals surface area contributed by atoms with Crippen molar-refractivity contribution < 1.29 is 14.7 Å². The van der Waals surface area contributed by atoms with Crippen molar-refractivity contribution in [2.24, 2.45) is 0 Å². The van der Waals surface area contributed by atoms with Crippen LogP contribution in [0.5, 0.6) is 0 Å². The summed E-state index contributed by atoms with van der Waals surface area (Å²) in [6.45, 7) is 0.545. The minimum atomic E-state index is -1.06. The van der Waals surface area contributed by atoms with Crippen LogP contribution in [0.1, 0.15) is 15.8 Å². The van der Waals surface area contributed by atoms with Gasteiger partial charge in [0.25, 0.3) is 0 Å². The molecule has 0 aliphatic carbocycles. The number of nitrogens with one attached hydrogen (secondary N) is 1. The molecular weight excluding hydrogens is 308 g/mol. The normalized spacial score (nSPS) is 11.9. The van der Waals surface area contributed by atoms with Crippen molar-refractivity contribution in [3.8, 4) is 0 Å². The van der Waals surface area contributed by atoms with Gasteiger partial charge in [0.2, 0.25) is 0 Å². The molecule has 0 radical (unpaired) electrons. The number of aliphatic carboxylic acids is 1. The summed E-state index contributed by atoms with van der Waals surface area (Å²) in [6.07, 6.45) is 0.762. The lowest BCUT2D eigenvalue weighted by atomic mass is 10.2. The third-order valence-corrected chi connectivity index (χ3v) is 4.84. The van der Waals surface area contributed by atoms with Crippen molar-refractivity contribution in [2.75, 3.05) is 13.6 Å². The average molecular weight is 324 g/mol. The second-order valence-corrected chi connectivity index (χ2v) is 6.50. The molecule has 1 unspecified atom stereocenters. The Labute approximate surface area is 130 Å². The summed E-state index contributed by atoms with van der Waals surface area (Å²) >= 11 is 2.95. The molecule has 2 heterocycles. The highest BCUT2D eigenvalue weighted by Gasteiger charge is 2.24. The van der Waals surface area contributed by atoms with Gasteiger partial charge in [0, 0.05) is 23.3 Å². The number of nitrogens with zero attached hydrogens (tertiary/aromatic N) is 1. The summed E-state index contributed by atoms with van der Waals surface area (Å²) in [5.41, 5.74) is 0. The zero-order chi connectivity index (χ0) is 15.2. The number of carboxylic acid groups (broad SMARTS) is 1. The van der Waals surface area contributed by atoms with E-state index in [2.05, 4.69) is 5.32 Å². The summed E-state index contributed by atoms with van der Waals surface area (Å²) in [5, 5.41) is 15.6. The maximum absolute atomic E-state index is 12.1. The van der Waals surface area contributed by atoms with Crippen LogP contribution in [0.15, 0.2) is 35.0 Å². The van der Waals surface area contributed by atoms with Gasteiger partial charge in [0.1, 0.15) is 0 Å². The number of carboxylic acids is 1. The maximum atomic E-state index is 12.1. The minimum Gasteiger partial charge on any atom is -0.479 e. The van der Waals surface area contributed by atoms with Gasteiger partial charge >= 0.3 is 12.0 Å². The Morgan fingerprint density at radius 1 is 1.29 bits per heavy atom. The second-order valence-electron chi connectivity index (χ2n) is 4.49. The van der Waals surface area contributed by atoms with Gasteiger partial charge in [0.05, 0.1) is 0 Å². The van der Waals surface area contributed by atoms with Crippen molar-refractivity contribution in [1.29, 1.82) is 0 Å². The molecule has 112 valence electrons. The molecule has 0 aliphatic rings. The van der Waals surface area contributed by atoms with E-state index in [9.17, 15) is 14.7 Å². The van der Waals surface area contributed by atoms with E-state index < -0.39 is 12.0 Å². The molecule has 0 fully saturated rings. The molecule has 0 spiro atoms. The molecule has 2 N–H and O–H groups in total. The lowest BCUT2D eigenvalue weighted by Crippen LogP contribution is -2.42. The van der Waals surface area contributed by atoms with Crippen LogP contribution in [0.2, 0.25) is 0 Å². The summed E-state index contributed by atoms with van der Waals surface area (Å²) < 4.78 is 0. The summed E-state index contributed by atoms with van der Waals surface area (Å²) in [7, 11) is 1.66. The third-order valence-electron chi connectivity index (χ3n) is 2.96. The van der Waals surface area contributed by atoms with E-state index >= 15 is 0 Å². The number of thiophene rings is 2. The highest BCUT2D eigenvalue weighted by molar-refractivity contribution is 7.10. The number of urea groups is 1. The van der Waals surface area contributed by atoms with Gasteiger partial charge in [-0.05, 0) is 29.3 Å². The van der Waals surface area contributed by atoms with Crippen LogP contribution in [0.25, 0.3) is 0 Å². The average Bonchev–Trinajstić information content (AvgIpc) is 3.14. The topological polar surface area (TPSA) is 69.6 Å². The number of carbonyl (C=O) groups is 2. The molecule has 5 nitrogen and oxygen atoms in total. The van der Waals surface area contributed by atoms with E-state index in [0.29, 0.717) is 11.4 Å². The number of amides is 2. The Hall–Kier alpha value is -1.86. The predicted molar refractivity (Wildman–Crippen MR) is 83.9 cm³/mol.